The molecule has 7 nitrogen and oxygen atoms in total. The summed E-state index contributed by atoms with van der Waals surface area (Å²) in [5.74, 6) is 0.501. The lowest BCUT2D eigenvalue weighted by Gasteiger charge is -2.32. The summed E-state index contributed by atoms with van der Waals surface area (Å²) >= 11 is 0. The molecule has 1 aromatic rings. The number of allylic oxidation sites excluding steroid dienone is 1. The summed E-state index contributed by atoms with van der Waals surface area (Å²) in [4.78, 5) is 26.8. The van der Waals surface area contributed by atoms with Crippen molar-refractivity contribution in [3.8, 4) is 5.75 Å². The molecule has 0 aromatic heterocycles. The quantitative estimate of drug-likeness (QED) is 0.677. The summed E-state index contributed by atoms with van der Waals surface area (Å²) in [6.07, 6.45) is 5.63. The zero-order valence-electron chi connectivity index (χ0n) is 16.7. The van der Waals surface area contributed by atoms with Gasteiger partial charge in [0.25, 0.3) is 5.91 Å². The molecule has 156 valence electrons. The van der Waals surface area contributed by atoms with Crippen molar-refractivity contribution in [1.29, 1.82) is 0 Å². The molecule has 3 atom stereocenters. The van der Waals surface area contributed by atoms with Crippen LogP contribution in [0.4, 0.5) is 0 Å². The molecule has 4 rings (SSSR count). The van der Waals surface area contributed by atoms with E-state index in [0.29, 0.717) is 37.2 Å². The Kier molecular flexibility index (Phi) is 5.87. The van der Waals surface area contributed by atoms with Crippen LogP contribution in [0.1, 0.15) is 54.4 Å². The van der Waals surface area contributed by atoms with Gasteiger partial charge in [0.1, 0.15) is 17.9 Å². The van der Waals surface area contributed by atoms with E-state index in [1.807, 2.05) is 18.2 Å². The van der Waals surface area contributed by atoms with Crippen LogP contribution in [0, 0.1) is 0 Å². The molecule has 0 radical (unpaired) electrons. The highest BCUT2D eigenvalue weighted by Crippen LogP contribution is 2.32. The van der Waals surface area contributed by atoms with Gasteiger partial charge in [-0.15, -0.1) is 0 Å². The number of fused-ring (bicyclic) bond motifs is 1. The SMILES string of the molecule is C=C1CCC(N2Cc3cc(O[C@@H]4CCCC[C@@H]4NCCO)ccc3C2=O)C(=O)N1. The number of nitrogens with zero attached hydrogens (tertiary/aromatic N) is 1. The first kappa shape index (κ1) is 19.9. The van der Waals surface area contributed by atoms with Crippen molar-refractivity contribution in [2.45, 2.75) is 63.3 Å². The molecule has 1 saturated carbocycles. The van der Waals surface area contributed by atoms with Crippen molar-refractivity contribution in [3.05, 3.63) is 41.6 Å². The molecule has 0 bridgehead atoms. The van der Waals surface area contributed by atoms with E-state index in [1.54, 1.807) is 4.90 Å². The Morgan fingerprint density at radius 1 is 1.24 bits per heavy atom. The van der Waals surface area contributed by atoms with Crippen molar-refractivity contribution < 1.29 is 19.4 Å². The summed E-state index contributed by atoms with van der Waals surface area (Å²) in [5.41, 5.74) is 2.26. The zero-order valence-corrected chi connectivity index (χ0v) is 16.7. The van der Waals surface area contributed by atoms with Gasteiger partial charge in [0.05, 0.1) is 6.61 Å². The van der Waals surface area contributed by atoms with E-state index in [2.05, 4.69) is 17.2 Å². The number of nitrogens with one attached hydrogen (secondary N) is 2. The van der Waals surface area contributed by atoms with Gasteiger partial charge in [-0.05, 0) is 55.9 Å². The van der Waals surface area contributed by atoms with Crippen LogP contribution in [0.25, 0.3) is 0 Å². The number of carbonyl (C=O) groups excluding carboxylic acids is 2. The van der Waals surface area contributed by atoms with Gasteiger partial charge in [0.15, 0.2) is 0 Å². The summed E-state index contributed by atoms with van der Waals surface area (Å²) in [6.45, 7) is 4.91. The second-order valence-corrected chi connectivity index (χ2v) is 8.12. The van der Waals surface area contributed by atoms with Crippen molar-refractivity contribution in [3.63, 3.8) is 0 Å². The number of hydrogen-bond acceptors (Lipinski definition) is 5. The Balaban J connectivity index is 1.46. The Hall–Kier alpha value is -2.38. The van der Waals surface area contributed by atoms with Gasteiger partial charge in [-0.2, -0.15) is 0 Å². The molecule has 3 aliphatic rings. The van der Waals surface area contributed by atoms with Crippen LogP contribution in [-0.4, -0.2) is 53.2 Å². The number of ether oxygens (including phenoxy) is 1. The van der Waals surface area contributed by atoms with E-state index < -0.39 is 6.04 Å². The van der Waals surface area contributed by atoms with Crippen LogP contribution < -0.4 is 15.4 Å². The first-order valence-corrected chi connectivity index (χ1v) is 10.5. The third-order valence-electron chi connectivity index (χ3n) is 6.12. The topological polar surface area (TPSA) is 90.9 Å². The zero-order chi connectivity index (χ0) is 20.4. The van der Waals surface area contributed by atoms with Gasteiger partial charge in [-0.1, -0.05) is 13.0 Å². The first-order chi connectivity index (χ1) is 14.1. The normalized spacial score (nSPS) is 27.0. The maximum atomic E-state index is 12.8. The minimum absolute atomic E-state index is 0.0525. The molecule has 29 heavy (non-hydrogen) atoms. The molecule has 1 aliphatic carbocycles. The standard InChI is InChI=1S/C22H29N3O4/c1-14-6-9-19(21(27)24-14)25-13-15-12-16(7-8-17(15)22(25)28)29-20-5-3-2-4-18(20)23-10-11-26/h7-8,12,18-20,23,26H,1-6,9-11,13H2,(H,24,27)/t18-,19?,20+/m0/s1. The molecule has 1 aromatic carbocycles. The maximum absolute atomic E-state index is 12.8. The van der Waals surface area contributed by atoms with Crippen molar-refractivity contribution >= 4 is 11.8 Å². The average Bonchev–Trinajstić information content (AvgIpc) is 3.03. The van der Waals surface area contributed by atoms with Crippen molar-refractivity contribution in [1.82, 2.24) is 15.5 Å². The molecule has 2 aliphatic heterocycles. The van der Waals surface area contributed by atoms with Gasteiger partial charge in [-0.25, -0.2) is 0 Å². The lowest BCUT2D eigenvalue weighted by Crippen LogP contribution is -2.49. The van der Waals surface area contributed by atoms with E-state index in [-0.39, 0.29) is 30.6 Å². The van der Waals surface area contributed by atoms with Crippen LogP contribution in [0.5, 0.6) is 5.75 Å². The van der Waals surface area contributed by atoms with E-state index in [4.69, 9.17) is 9.84 Å². The molecule has 1 saturated heterocycles. The van der Waals surface area contributed by atoms with Crippen LogP contribution >= 0.6 is 0 Å². The van der Waals surface area contributed by atoms with Crippen LogP contribution in [0.15, 0.2) is 30.5 Å². The van der Waals surface area contributed by atoms with E-state index >= 15 is 0 Å². The van der Waals surface area contributed by atoms with Crippen LogP contribution in [0.2, 0.25) is 0 Å². The number of aliphatic hydroxyl groups excluding tert-OH is 1. The fourth-order valence-corrected chi connectivity index (χ4v) is 4.60. The number of carbonyl (C=O) groups is 2. The highest BCUT2D eigenvalue weighted by Gasteiger charge is 2.38. The van der Waals surface area contributed by atoms with Crippen LogP contribution in [0.3, 0.4) is 0 Å². The van der Waals surface area contributed by atoms with E-state index in [1.165, 1.54) is 0 Å². The average molecular weight is 399 g/mol. The number of piperidine rings is 1. The summed E-state index contributed by atoms with van der Waals surface area (Å²) in [5, 5.41) is 15.2. The van der Waals surface area contributed by atoms with Gasteiger partial charge < -0.3 is 25.4 Å². The lowest BCUT2D eigenvalue weighted by molar-refractivity contribution is -0.126. The number of aliphatic hydroxyl groups is 1. The Labute approximate surface area is 171 Å². The monoisotopic (exact) mass is 399 g/mol. The minimum Gasteiger partial charge on any atom is -0.489 e. The number of amides is 2. The second-order valence-electron chi connectivity index (χ2n) is 8.12. The molecule has 2 amide bonds. The lowest BCUT2D eigenvalue weighted by atomic mass is 9.92. The van der Waals surface area contributed by atoms with Crippen LogP contribution in [-0.2, 0) is 11.3 Å². The van der Waals surface area contributed by atoms with Crippen molar-refractivity contribution in [2.24, 2.45) is 0 Å². The molecule has 0 spiro atoms. The number of rotatable bonds is 6. The largest absolute Gasteiger partial charge is 0.489 e. The van der Waals surface area contributed by atoms with E-state index in [0.717, 1.165) is 37.0 Å². The third-order valence-corrected chi connectivity index (χ3v) is 6.12. The summed E-state index contributed by atoms with van der Waals surface area (Å²) in [6, 6.07) is 5.37. The molecule has 1 unspecified atom stereocenters. The summed E-state index contributed by atoms with van der Waals surface area (Å²) in [7, 11) is 0. The van der Waals surface area contributed by atoms with E-state index in [9.17, 15) is 9.59 Å². The molecular formula is C22H29N3O4. The van der Waals surface area contributed by atoms with Gasteiger partial charge in [-0.3, -0.25) is 9.59 Å². The molecule has 2 fully saturated rings. The van der Waals surface area contributed by atoms with Gasteiger partial charge >= 0.3 is 0 Å². The number of benzene rings is 1. The first-order valence-electron chi connectivity index (χ1n) is 10.5. The fourth-order valence-electron chi connectivity index (χ4n) is 4.60. The summed E-state index contributed by atoms with van der Waals surface area (Å²) < 4.78 is 6.28. The number of hydrogen-bond donors (Lipinski definition) is 3. The third kappa shape index (κ3) is 4.16. The molecule has 3 N–H and O–H groups in total. The highest BCUT2D eigenvalue weighted by atomic mass is 16.5. The highest BCUT2D eigenvalue weighted by molar-refractivity contribution is 6.01. The predicted octanol–water partition coefficient (Wildman–Crippen LogP) is 1.71. The molecular weight excluding hydrogens is 370 g/mol. The van der Waals surface area contributed by atoms with Gasteiger partial charge in [0.2, 0.25) is 5.91 Å². The molecule has 2 heterocycles. The molecule has 7 heteroatoms. The fraction of sp³-hybridized carbons (Fsp3) is 0.545. The minimum atomic E-state index is -0.449. The Bertz CT molecular complexity index is 809. The Morgan fingerprint density at radius 3 is 2.86 bits per heavy atom. The smallest absolute Gasteiger partial charge is 0.255 e. The van der Waals surface area contributed by atoms with Crippen molar-refractivity contribution in [2.75, 3.05) is 13.2 Å². The second kappa shape index (κ2) is 8.55. The predicted molar refractivity (Wildman–Crippen MR) is 108 cm³/mol. The van der Waals surface area contributed by atoms with Gasteiger partial charge in [0, 0.05) is 30.4 Å². The Morgan fingerprint density at radius 2 is 2.07 bits per heavy atom. The maximum Gasteiger partial charge on any atom is 0.255 e.